The highest BCUT2D eigenvalue weighted by molar-refractivity contribution is 5.70. The Morgan fingerprint density at radius 1 is 1.64 bits per heavy atom. The quantitative estimate of drug-likeness (QED) is 0.452. The summed E-state index contributed by atoms with van der Waals surface area (Å²) < 4.78 is 9.30. The third kappa shape index (κ3) is 7.29. The van der Waals surface area contributed by atoms with Crippen LogP contribution in [0.2, 0.25) is 0 Å². The molecule has 0 radical (unpaired) electrons. The van der Waals surface area contributed by atoms with Crippen LogP contribution in [0.5, 0.6) is 0 Å². The van der Waals surface area contributed by atoms with E-state index < -0.39 is 0 Å². The first-order valence-corrected chi connectivity index (χ1v) is 3.57. The lowest BCUT2D eigenvalue weighted by atomic mass is 10.3. The highest BCUT2D eigenvalue weighted by atomic mass is 16.6. The van der Waals surface area contributed by atoms with Crippen LogP contribution in [0.3, 0.4) is 0 Å². The molecule has 0 saturated heterocycles. The van der Waals surface area contributed by atoms with Gasteiger partial charge < -0.3 is 15.2 Å². The van der Waals surface area contributed by atoms with Crippen molar-refractivity contribution in [2.45, 2.75) is 19.4 Å². The van der Waals surface area contributed by atoms with E-state index in [1.807, 2.05) is 6.92 Å². The Hall–Kier alpha value is -0.610. The molecule has 2 N–H and O–H groups in total. The molecule has 0 bridgehead atoms. The van der Waals surface area contributed by atoms with Crippen LogP contribution in [-0.2, 0) is 14.3 Å². The summed E-state index contributed by atoms with van der Waals surface area (Å²) in [5.41, 5.74) is 5.45. The van der Waals surface area contributed by atoms with Crippen molar-refractivity contribution >= 4 is 5.97 Å². The molecule has 11 heavy (non-hydrogen) atoms. The molecule has 0 aromatic carbocycles. The zero-order chi connectivity index (χ0) is 8.69. The van der Waals surface area contributed by atoms with Crippen molar-refractivity contribution in [2.75, 3.05) is 20.3 Å². The van der Waals surface area contributed by atoms with Gasteiger partial charge in [-0.2, -0.15) is 0 Å². The molecule has 4 heteroatoms. The molecule has 1 atom stereocenters. The normalized spacial score (nSPS) is 12.6. The summed E-state index contributed by atoms with van der Waals surface area (Å²) in [6, 6.07) is 0.118. The third-order valence-corrected chi connectivity index (χ3v) is 1.17. The second-order valence-electron chi connectivity index (χ2n) is 2.39. The first kappa shape index (κ1) is 10.4. The molecule has 0 heterocycles. The molecule has 4 nitrogen and oxygen atoms in total. The number of hydrogen-bond acceptors (Lipinski definition) is 4. The Morgan fingerprint density at radius 2 is 2.27 bits per heavy atom. The fraction of sp³-hybridized carbons (Fsp3) is 0.857. The number of nitrogens with two attached hydrogens (primary N) is 1. The first-order chi connectivity index (χ1) is 5.16. The van der Waals surface area contributed by atoms with E-state index in [-0.39, 0.29) is 18.6 Å². The van der Waals surface area contributed by atoms with Gasteiger partial charge in [0.1, 0.15) is 6.61 Å². The molecular weight excluding hydrogens is 146 g/mol. The summed E-state index contributed by atoms with van der Waals surface area (Å²) in [7, 11) is 1.33. The highest BCUT2D eigenvalue weighted by Crippen LogP contribution is 1.87. The first-order valence-electron chi connectivity index (χ1n) is 3.57. The van der Waals surface area contributed by atoms with Gasteiger partial charge in [0.05, 0.1) is 7.11 Å². The van der Waals surface area contributed by atoms with Gasteiger partial charge in [-0.05, 0) is 13.3 Å². The van der Waals surface area contributed by atoms with E-state index in [0.29, 0.717) is 6.61 Å². The molecule has 0 aliphatic rings. The van der Waals surface area contributed by atoms with Gasteiger partial charge in [-0.1, -0.05) is 0 Å². The SMILES string of the molecule is COC(=O)COCCC(C)N. The molecule has 0 aliphatic carbocycles. The Balaban J connectivity index is 3.08. The minimum absolute atomic E-state index is 0.0171. The Labute approximate surface area is 66.7 Å². The minimum atomic E-state index is -0.352. The zero-order valence-electron chi connectivity index (χ0n) is 7.00. The molecule has 0 aromatic heterocycles. The average molecular weight is 161 g/mol. The van der Waals surface area contributed by atoms with E-state index in [9.17, 15) is 4.79 Å². The molecule has 0 spiro atoms. The van der Waals surface area contributed by atoms with Gasteiger partial charge in [-0.25, -0.2) is 4.79 Å². The number of carbonyl (C=O) groups is 1. The van der Waals surface area contributed by atoms with Gasteiger partial charge in [-0.15, -0.1) is 0 Å². The second-order valence-corrected chi connectivity index (χ2v) is 2.39. The number of methoxy groups -OCH3 is 1. The highest BCUT2D eigenvalue weighted by Gasteiger charge is 1.99. The van der Waals surface area contributed by atoms with Crippen LogP contribution in [0, 0.1) is 0 Å². The van der Waals surface area contributed by atoms with Gasteiger partial charge >= 0.3 is 5.97 Å². The van der Waals surface area contributed by atoms with Crippen molar-refractivity contribution in [3.63, 3.8) is 0 Å². The van der Waals surface area contributed by atoms with Crippen LogP contribution >= 0.6 is 0 Å². The predicted octanol–water partition coefficient (Wildman–Crippen LogP) is -0.0867. The number of rotatable bonds is 5. The molecule has 0 amide bonds. The Morgan fingerprint density at radius 3 is 2.73 bits per heavy atom. The van der Waals surface area contributed by atoms with Crippen LogP contribution in [-0.4, -0.2) is 32.3 Å². The summed E-state index contributed by atoms with van der Waals surface area (Å²) in [6.07, 6.45) is 0.761. The predicted molar refractivity (Wildman–Crippen MR) is 41.1 cm³/mol. The lowest BCUT2D eigenvalue weighted by Gasteiger charge is -2.04. The number of ether oxygens (including phenoxy) is 2. The molecule has 1 unspecified atom stereocenters. The molecule has 66 valence electrons. The van der Waals surface area contributed by atoms with Gasteiger partial charge in [0.15, 0.2) is 0 Å². The lowest BCUT2D eigenvalue weighted by molar-refractivity contribution is -0.145. The molecule has 0 saturated carbocycles. The van der Waals surface area contributed by atoms with E-state index in [4.69, 9.17) is 10.5 Å². The topological polar surface area (TPSA) is 61.5 Å². The van der Waals surface area contributed by atoms with Gasteiger partial charge in [0, 0.05) is 12.6 Å². The van der Waals surface area contributed by atoms with Gasteiger partial charge in [-0.3, -0.25) is 0 Å². The van der Waals surface area contributed by atoms with Crippen molar-refractivity contribution in [1.82, 2.24) is 0 Å². The maximum Gasteiger partial charge on any atom is 0.331 e. The van der Waals surface area contributed by atoms with E-state index in [1.54, 1.807) is 0 Å². The van der Waals surface area contributed by atoms with Crippen LogP contribution in [0.4, 0.5) is 0 Å². The molecule has 0 rings (SSSR count). The van der Waals surface area contributed by atoms with E-state index in [0.717, 1.165) is 6.42 Å². The maximum absolute atomic E-state index is 10.5. The average Bonchev–Trinajstić information content (AvgIpc) is 1.97. The van der Waals surface area contributed by atoms with Crippen LogP contribution in [0.15, 0.2) is 0 Å². The molecule has 0 aliphatic heterocycles. The smallest absolute Gasteiger partial charge is 0.331 e. The summed E-state index contributed by atoms with van der Waals surface area (Å²) >= 11 is 0. The van der Waals surface area contributed by atoms with E-state index >= 15 is 0 Å². The fourth-order valence-electron chi connectivity index (χ4n) is 0.484. The van der Waals surface area contributed by atoms with Crippen LogP contribution in [0.1, 0.15) is 13.3 Å². The van der Waals surface area contributed by atoms with E-state index in [2.05, 4.69) is 4.74 Å². The largest absolute Gasteiger partial charge is 0.467 e. The van der Waals surface area contributed by atoms with Crippen molar-refractivity contribution in [3.8, 4) is 0 Å². The number of esters is 1. The Kier molecular flexibility index (Phi) is 5.78. The maximum atomic E-state index is 10.5. The van der Waals surface area contributed by atoms with Crippen molar-refractivity contribution in [1.29, 1.82) is 0 Å². The monoisotopic (exact) mass is 161 g/mol. The van der Waals surface area contributed by atoms with Crippen LogP contribution < -0.4 is 5.73 Å². The number of carbonyl (C=O) groups excluding carboxylic acids is 1. The summed E-state index contributed by atoms with van der Waals surface area (Å²) in [4.78, 5) is 10.5. The summed E-state index contributed by atoms with van der Waals surface area (Å²) in [5, 5.41) is 0. The second kappa shape index (κ2) is 6.12. The summed E-state index contributed by atoms with van der Waals surface area (Å²) in [6.45, 7) is 2.41. The summed E-state index contributed by atoms with van der Waals surface area (Å²) in [5.74, 6) is -0.352. The molecule has 0 fully saturated rings. The zero-order valence-corrected chi connectivity index (χ0v) is 7.00. The molecular formula is C7H15NO3. The van der Waals surface area contributed by atoms with Gasteiger partial charge in [0.25, 0.3) is 0 Å². The standard InChI is InChI=1S/C7H15NO3/c1-6(8)3-4-11-5-7(9)10-2/h6H,3-5,8H2,1-2H3. The third-order valence-electron chi connectivity index (χ3n) is 1.17. The lowest BCUT2D eigenvalue weighted by Crippen LogP contribution is -2.19. The van der Waals surface area contributed by atoms with E-state index in [1.165, 1.54) is 7.11 Å². The number of hydrogen-bond donors (Lipinski definition) is 1. The minimum Gasteiger partial charge on any atom is -0.467 e. The Bertz CT molecular complexity index is 114. The fourth-order valence-corrected chi connectivity index (χ4v) is 0.484. The van der Waals surface area contributed by atoms with Crippen molar-refractivity contribution < 1.29 is 14.3 Å². The van der Waals surface area contributed by atoms with Crippen molar-refractivity contribution in [2.24, 2.45) is 5.73 Å². The van der Waals surface area contributed by atoms with Crippen molar-refractivity contribution in [3.05, 3.63) is 0 Å². The van der Waals surface area contributed by atoms with Gasteiger partial charge in [0.2, 0.25) is 0 Å². The molecule has 0 aromatic rings. The van der Waals surface area contributed by atoms with Crippen LogP contribution in [0.25, 0.3) is 0 Å².